The molecule has 1 aromatic carbocycles. The average Bonchev–Trinajstić information content (AvgIpc) is 3.04. The SMILES string of the molecule is CCN1CCC(CNCC2Cc3cc(Cl)ccc3O2)C1. The van der Waals surface area contributed by atoms with Crippen LogP contribution < -0.4 is 10.1 Å². The third-order valence-electron chi connectivity index (χ3n) is 4.39. The average molecular weight is 295 g/mol. The molecule has 2 heterocycles. The van der Waals surface area contributed by atoms with Gasteiger partial charge in [-0.15, -0.1) is 0 Å². The minimum absolute atomic E-state index is 0.257. The van der Waals surface area contributed by atoms with Crippen LogP contribution in [0.15, 0.2) is 18.2 Å². The highest BCUT2D eigenvalue weighted by Crippen LogP contribution is 2.30. The lowest BCUT2D eigenvalue weighted by Gasteiger charge is -2.16. The molecule has 0 radical (unpaired) electrons. The van der Waals surface area contributed by atoms with Gasteiger partial charge in [-0.1, -0.05) is 18.5 Å². The molecular weight excluding hydrogens is 272 g/mol. The van der Waals surface area contributed by atoms with Gasteiger partial charge in [0.1, 0.15) is 11.9 Å². The summed E-state index contributed by atoms with van der Waals surface area (Å²) < 4.78 is 5.94. The van der Waals surface area contributed by atoms with Crippen LogP contribution >= 0.6 is 11.6 Å². The predicted octanol–water partition coefficient (Wildman–Crippen LogP) is 2.57. The molecule has 3 rings (SSSR count). The molecular formula is C16H23ClN2O. The van der Waals surface area contributed by atoms with Crippen molar-refractivity contribution in [3.63, 3.8) is 0 Å². The summed E-state index contributed by atoms with van der Waals surface area (Å²) in [6, 6.07) is 5.90. The number of ether oxygens (including phenoxy) is 1. The summed E-state index contributed by atoms with van der Waals surface area (Å²) in [7, 11) is 0. The highest BCUT2D eigenvalue weighted by Gasteiger charge is 2.24. The van der Waals surface area contributed by atoms with E-state index in [4.69, 9.17) is 16.3 Å². The highest BCUT2D eigenvalue weighted by atomic mass is 35.5. The Bertz CT molecular complexity index is 466. The third kappa shape index (κ3) is 3.27. The number of nitrogens with zero attached hydrogens (tertiary/aromatic N) is 1. The summed E-state index contributed by atoms with van der Waals surface area (Å²) in [6.45, 7) is 7.95. The Morgan fingerprint density at radius 3 is 3.10 bits per heavy atom. The lowest BCUT2D eigenvalue weighted by molar-refractivity contribution is 0.224. The van der Waals surface area contributed by atoms with E-state index >= 15 is 0 Å². The van der Waals surface area contributed by atoms with Crippen molar-refractivity contribution in [2.45, 2.75) is 25.9 Å². The first-order chi connectivity index (χ1) is 9.74. The quantitative estimate of drug-likeness (QED) is 0.903. The molecule has 2 unspecified atom stereocenters. The highest BCUT2D eigenvalue weighted by molar-refractivity contribution is 6.30. The fourth-order valence-corrected chi connectivity index (χ4v) is 3.41. The molecule has 1 aromatic rings. The van der Waals surface area contributed by atoms with Crippen LogP contribution in [0.4, 0.5) is 0 Å². The molecule has 1 saturated heterocycles. The van der Waals surface area contributed by atoms with E-state index < -0.39 is 0 Å². The Morgan fingerprint density at radius 1 is 1.40 bits per heavy atom. The van der Waals surface area contributed by atoms with Crippen LogP contribution in [0.25, 0.3) is 0 Å². The Morgan fingerprint density at radius 2 is 2.30 bits per heavy atom. The van der Waals surface area contributed by atoms with Gasteiger partial charge in [0.25, 0.3) is 0 Å². The van der Waals surface area contributed by atoms with E-state index in [0.29, 0.717) is 0 Å². The smallest absolute Gasteiger partial charge is 0.123 e. The van der Waals surface area contributed by atoms with Crippen LogP contribution in [0, 0.1) is 5.92 Å². The van der Waals surface area contributed by atoms with Crippen LogP contribution in [0.1, 0.15) is 18.9 Å². The van der Waals surface area contributed by atoms with Gasteiger partial charge in [0.15, 0.2) is 0 Å². The van der Waals surface area contributed by atoms with E-state index in [-0.39, 0.29) is 6.10 Å². The van der Waals surface area contributed by atoms with E-state index in [1.54, 1.807) is 0 Å². The van der Waals surface area contributed by atoms with Crippen LogP contribution in [0.3, 0.4) is 0 Å². The first-order valence-electron chi connectivity index (χ1n) is 7.62. The molecule has 2 aliphatic rings. The van der Waals surface area contributed by atoms with E-state index in [2.05, 4.69) is 17.1 Å². The molecule has 3 nitrogen and oxygen atoms in total. The predicted molar refractivity (Wildman–Crippen MR) is 82.7 cm³/mol. The van der Waals surface area contributed by atoms with Gasteiger partial charge in [-0.25, -0.2) is 0 Å². The van der Waals surface area contributed by atoms with Crippen molar-refractivity contribution >= 4 is 11.6 Å². The number of hydrogen-bond acceptors (Lipinski definition) is 3. The molecule has 110 valence electrons. The lowest BCUT2D eigenvalue weighted by atomic mass is 10.1. The standard InChI is InChI=1S/C16H23ClN2O/c1-2-19-6-5-12(11-19)9-18-10-15-8-13-7-14(17)3-4-16(13)20-15/h3-4,7,12,15,18H,2,5-6,8-11H2,1H3. The van der Waals surface area contributed by atoms with Crippen molar-refractivity contribution in [3.05, 3.63) is 28.8 Å². The molecule has 0 spiro atoms. The van der Waals surface area contributed by atoms with Crippen LogP contribution in [-0.4, -0.2) is 43.7 Å². The molecule has 0 aliphatic carbocycles. The Kier molecular flexibility index (Phi) is 4.49. The van der Waals surface area contributed by atoms with Crippen molar-refractivity contribution in [2.75, 3.05) is 32.7 Å². The second-order valence-electron chi connectivity index (χ2n) is 5.90. The first kappa shape index (κ1) is 14.2. The van der Waals surface area contributed by atoms with Crippen LogP contribution in [0.2, 0.25) is 5.02 Å². The van der Waals surface area contributed by atoms with Crippen molar-refractivity contribution in [1.29, 1.82) is 0 Å². The van der Waals surface area contributed by atoms with Gasteiger partial charge in [0.05, 0.1) is 0 Å². The van der Waals surface area contributed by atoms with E-state index in [9.17, 15) is 0 Å². The molecule has 0 amide bonds. The number of likely N-dealkylation sites (tertiary alicyclic amines) is 1. The summed E-state index contributed by atoms with van der Waals surface area (Å²) in [6.07, 6.45) is 2.55. The number of hydrogen-bond donors (Lipinski definition) is 1. The van der Waals surface area contributed by atoms with Gasteiger partial charge >= 0.3 is 0 Å². The Balaban J connectivity index is 1.41. The maximum Gasteiger partial charge on any atom is 0.123 e. The van der Waals surface area contributed by atoms with Crippen molar-refractivity contribution in [3.8, 4) is 5.75 Å². The van der Waals surface area contributed by atoms with Gasteiger partial charge in [0.2, 0.25) is 0 Å². The molecule has 20 heavy (non-hydrogen) atoms. The molecule has 0 aromatic heterocycles. The summed E-state index contributed by atoms with van der Waals surface area (Å²) in [4.78, 5) is 2.52. The lowest BCUT2D eigenvalue weighted by Crippen LogP contribution is -2.34. The minimum atomic E-state index is 0.257. The topological polar surface area (TPSA) is 24.5 Å². The first-order valence-corrected chi connectivity index (χ1v) is 8.00. The summed E-state index contributed by atoms with van der Waals surface area (Å²) >= 11 is 6.01. The fourth-order valence-electron chi connectivity index (χ4n) is 3.22. The van der Waals surface area contributed by atoms with E-state index in [0.717, 1.165) is 36.2 Å². The number of halogens is 1. The maximum absolute atomic E-state index is 6.01. The minimum Gasteiger partial charge on any atom is -0.488 e. The number of fused-ring (bicyclic) bond motifs is 1. The Labute approximate surface area is 126 Å². The zero-order valence-corrected chi connectivity index (χ0v) is 12.8. The second kappa shape index (κ2) is 6.33. The van der Waals surface area contributed by atoms with E-state index in [1.165, 1.54) is 31.6 Å². The van der Waals surface area contributed by atoms with E-state index in [1.807, 2.05) is 18.2 Å². The molecule has 1 N–H and O–H groups in total. The van der Waals surface area contributed by atoms with Gasteiger partial charge in [-0.3, -0.25) is 0 Å². The number of nitrogens with one attached hydrogen (secondary N) is 1. The molecule has 2 aliphatic heterocycles. The zero-order valence-electron chi connectivity index (χ0n) is 12.1. The van der Waals surface area contributed by atoms with Crippen molar-refractivity contribution in [1.82, 2.24) is 10.2 Å². The maximum atomic E-state index is 6.01. The van der Waals surface area contributed by atoms with Crippen LogP contribution in [-0.2, 0) is 6.42 Å². The Hall–Kier alpha value is -0.770. The number of benzene rings is 1. The fraction of sp³-hybridized carbons (Fsp3) is 0.625. The summed E-state index contributed by atoms with van der Waals surface area (Å²) in [5, 5.41) is 4.38. The molecule has 0 saturated carbocycles. The number of rotatable bonds is 5. The van der Waals surface area contributed by atoms with Gasteiger partial charge in [-0.05, 0) is 55.7 Å². The normalized spacial score (nSPS) is 25.7. The summed E-state index contributed by atoms with van der Waals surface area (Å²) in [5.41, 5.74) is 1.24. The van der Waals surface area contributed by atoms with Crippen molar-refractivity contribution < 1.29 is 4.74 Å². The second-order valence-corrected chi connectivity index (χ2v) is 6.34. The van der Waals surface area contributed by atoms with Gasteiger partial charge < -0.3 is 15.0 Å². The van der Waals surface area contributed by atoms with Gasteiger partial charge in [-0.2, -0.15) is 0 Å². The molecule has 2 atom stereocenters. The summed E-state index contributed by atoms with van der Waals surface area (Å²) in [5.74, 6) is 1.80. The van der Waals surface area contributed by atoms with Crippen molar-refractivity contribution in [2.24, 2.45) is 5.92 Å². The van der Waals surface area contributed by atoms with Gasteiger partial charge in [0, 0.05) is 24.5 Å². The zero-order chi connectivity index (χ0) is 13.9. The van der Waals surface area contributed by atoms with Crippen LogP contribution in [0.5, 0.6) is 5.75 Å². The molecule has 0 bridgehead atoms. The monoisotopic (exact) mass is 294 g/mol. The largest absolute Gasteiger partial charge is 0.488 e. The molecule has 4 heteroatoms. The third-order valence-corrected chi connectivity index (χ3v) is 4.62. The molecule has 1 fully saturated rings.